The van der Waals surface area contributed by atoms with Crippen molar-refractivity contribution in [2.24, 2.45) is 0 Å². The van der Waals surface area contributed by atoms with Gasteiger partial charge in [0.2, 0.25) is 10.0 Å². The Balaban J connectivity index is 3.15. The third kappa shape index (κ3) is 4.02. The molecule has 0 saturated carbocycles. The van der Waals surface area contributed by atoms with E-state index in [1.807, 2.05) is 0 Å². The number of nitrogens with two attached hydrogens (primary N) is 1. The number of hydrogen-bond donors (Lipinski definition) is 2. The van der Waals surface area contributed by atoms with Crippen molar-refractivity contribution in [2.45, 2.75) is 31.7 Å². The van der Waals surface area contributed by atoms with Crippen molar-refractivity contribution in [1.29, 1.82) is 0 Å². The lowest BCUT2D eigenvalue weighted by atomic mass is 10.1. The second-order valence-electron chi connectivity index (χ2n) is 4.70. The molecule has 0 aromatic heterocycles. The third-order valence-electron chi connectivity index (χ3n) is 2.72. The number of nitrogen functional groups attached to an aromatic ring is 1. The van der Waals surface area contributed by atoms with Crippen LogP contribution in [0.25, 0.3) is 0 Å². The van der Waals surface area contributed by atoms with Gasteiger partial charge >= 0.3 is 0 Å². The highest BCUT2D eigenvalue weighted by Gasteiger charge is 2.23. The molecule has 1 aromatic rings. The molecule has 0 aliphatic carbocycles. The lowest BCUT2D eigenvalue weighted by molar-refractivity contribution is 0.570. The second kappa shape index (κ2) is 6.02. The van der Waals surface area contributed by atoms with Crippen molar-refractivity contribution in [3.63, 3.8) is 0 Å². The third-order valence-corrected chi connectivity index (χ3v) is 5.48. The lowest BCUT2D eigenvalue weighted by Crippen LogP contribution is -2.36. The van der Waals surface area contributed by atoms with Crippen LogP contribution in [0.1, 0.15) is 18.1 Å². The van der Waals surface area contributed by atoms with Crippen molar-refractivity contribution >= 4 is 26.5 Å². The Bertz CT molecular complexity index is 597. The molecule has 0 amide bonds. The van der Waals surface area contributed by atoms with Crippen molar-refractivity contribution in [2.75, 3.05) is 17.7 Å². The summed E-state index contributed by atoms with van der Waals surface area (Å²) in [4.78, 5) is 0.112. The molecule has 0 bridgehead atoms. The standard InChI is InChI=1S/C12H20N2O3S2/c1-8-5-6-9(2)12(11(8)13)19(16,17)14-10(3)7-18(4)15/h5-6,10,14H,7,13H2,1-4H3. The van der Waals surface area contributed by atoms with Crippen molar-refractivity contribution in [3.8, 4) is 0 Å². The van der Waals surface area contributed by atoms with Gasteiger partial charge in [0.15, 0.2) is 0 Å². The summed E-state index contributed by atoms with van der Waals surface area (Å²) in [6.45, 7) is 5.14. The number of rotatable bonds is 5. The van der Waals surface area contributed by atoms with Crippen LogP contribution in [-0.4, -0.2) is 30.7 Å². The molecule has 0 fully saturated rings. The molecule has 7 heteroatoms. The van der Waals surface area contributed by atoms with Gasteiger partial charge in [-0.05, 0) is 31.9 Å². The Kier molecular flexibility index (Phi) is 5.11. The van der Waals surface area contributed by atoms with E-state index in [1.165, 1.54) is 6.26 Å². The summed E-state index contributed by atoms with van der Waals surface area (Å²) in [5.41, 5.74) is 7.45. The number of nitrogens with one attached hydrogen (secondary N) is 1. The van der Waals surface area contributed by atoms with E-state index in [0.29, 0.717) is 5.56 Å². The summed E-state index contributed by atoms with van der Waals surface area (Å²) in [6.07, 6.45) is 1.54. The monoisotopic (exact) mass is 304 g/mol. The van der Waals surface area contributed by atoms with Crippen molar-refractivity contribution in [3.05, 3.63) is 23.3 Å². The molecule has 0 heterocycles. The Morgan fingerprint density at radius 2 is 1.84 bits per heavy atom. The molecule has 0 aliphatic rings. The first-order valence-corrected chi connectivity index (χ1v) is 9.04. The number of hydrogen-bond acceptors (Lipinski definition) is 4. The molecule has 19 heavy (non-hydrogen) atoms. The quantitative estimate of drug-likeness (QED) is 0.792. The first kappa shape index (κ1) is 16.1. The van der Waals surface area contributed by atoms with Gasteiger partial charge in [-0.15, -0.1) is 0 Å². The molecule has 0 spiro atoms. The fourth-order valence-electron chi connectivity index (χ4n) is 1.87. The molecule has 0 radical (unpaired) electrons. The van der Waals surface area contributed by atoms with Crippen LogP contribution in [0.5, 0.6) is 0 Å². The number of benzene rings is 1. The van der Waals surface area contributed by atoms with Gasteiger partial charge in [-0.1, -0.05) is 12.1 Å². The zero-order chi connectivity index (χ0) is 14.8. The average Bonchev–Trinajstić information content (AvgIpc) is 2.21. The number of sulfonamides is 1. The van der Waals surface area contributed by atoms with E-state index >= 15 is 0 Å². The summed E-state index contributed by atoms with van der Waals surface area (Å²) in [5.74, 6) is 0.268. The van der Waals surface area contributed by atoms with Gasteiger partial charge < -0.3 is 5.73 Å². The highest BCUT2D eigenvalue weighted by molar-refractivity contribution is 7.89. The Morgan fingerprint density at radius 3 is 2.37 bits per heavy atom. The molecule has 0 aliphatic heterocycles. The smallest absolute Gasteiger partial charge is 0.243 e. The average molecular weight is 304 g/mol. The minimum Gasteiger partial charge on any atom is -0.397 e. The zero-order valence-corrected chi connectivity index (χ0v) is 13.2. The van der Waals surface area contributed by atoms with Crippen LogP contribution in [0.4, 0.5) is 5.69 Å². The topological polar surface area (TPSA) is 89.3 Å². The van der Waals surface area contributed by atoms with Gasteiger partial charge in [0.05, 0.1) is 5.69 Å². The van der Waals surface area contributed by atoms with E-state index in [2.05, 4.69) is 4.72 Å². The molecule has 3 N–H and O–H groups in total. The van der Waals surface area contributed by atoms with Crippen LogP contribution in [0.15, 0.2) is 17.0 Å². The minimum atomic E-state index is -3.70. The van der Waals surface area contributed by atoms with Crippen LogP contribution in [-0.2, 0) is 20.8 Å². The maximum absolute atomic E-state index is 12.3. The summed E-state index contributed by atoms with van der Waals surface area (Å²) < 4.78 is 38.3. The molecule has 5 nitrogen and oxygen atoms in total. The molecule has 1 aromatic carbocycles. The zero-order valence-electron chi connectivity index (χ0n) is 11.6. The second-order valence-corrected chi connectivity index (χ2v) is 7.83. The van der Waals surface area contributed by atoms with Crippen LogP contribution in [0, 0.1) is 13.8 Å². The Hall–Kier alpha value is -0.920. The van der Waals surface area contributed by atoms with Crippen molar-refractivity contribution in [1.82, 2.24) is 4.72 Å². The van der Waals surface area contributed by atoms with E-state index in [9.17, 15) is 12.6 Å². The molecular weight excluding hydrogens is 284 g/mol. The van der Waals surface area contributed by atoms with E-state index in [0.717, 1.165) is 5.56 Å². The van der Waals surface area contributed by atoms with E-state index in [-0.39, 0.29) is 16.3 Å². The summed E-state index contributed by atoms with van der Waals surface area (Å²) >= 11 is 0. The highest BCUT2D eigenvalue weighted by atomic mass is 32.2. The molecule has 0 saturated heterocycles. The maximum Gasteiger partial charge on any atom is 0.243 e. The Labute approximate surface area is 117 Å². The number of anilines is 1. The SMILES string of the molecule is Cc1ccc(C)c(S(=O)(=O)NC(C)CS(C)=O)c1N. The Morgan fingerprint density at radius 1 is 1.32 bits per heavy atom. The molecule has 2 unspecified atom stereocenters. The van der Waals surface area contributed by atoms with Crippen LogP contribution in [0.3, 0.4) is 0 Å². The fraction of sp³-hybridized carbons (Fsp3) is 0.500. The maximum atomic E-state index is 12.3. The first-order valence-electron chi connectivity index (χ1n) is 5.83. The highest BCUT2D eigenvalue weighted by Crippen LogP contribution is 2.25. The van der Waals surface area contributed by atoms with Gasteiger partial charge in [-0.3, -0.25) is 4.21 Å². The van der Waals surface area contributed by atoms with Crippen LogP contribution < -0.4 is 10.5 Å². The van der Waals surface area contributed by atoms with Gasteiger partial charge in [-0.25, -0.2) is 13.1 Å². The molecular formula is C12H20N2O3S2. The minimum absolute atomic E-state index is 0.112. The van der Waals surface area contributed by atoms with Crippen LogP contribution >= 0.6 is 0 Å². The largest absolute Gasteiger partial charge is 0.397 e. The molecule has 1 rings (SSSR count). The summed E-state index contributed by atoms with van der Waals surface area (Å²) in [5, 5.41) is 0. The first-order chi connectivity index (χ1) is 8.65. The molecule has 108 valence electrons. The lowest BCUT2D eigenvalue weighted by Gasteiger charge is -2.17. The summed E-state index contributed by atoms with van der Waals surface area (Å²) in [7, 11) is -4.76. The van der Waals surface area contributed by atoms with E-state index in [1.54, 1.807) is 32.9 Å². The predicted octanol–water partition coefficient (Wildman–Crippen LogP) is 0.931. The van der Waals surface area contributed by atoms with Gasteiger partial charge in [0.1, 0.15) is 4.90 Å². The van der Waals surface area contributed by atoms with E-state index < -0.39 is 26.9 Å². The summed E-state index contributed by atoms with van der Waals surface area (Å²) in [6, 6.07) is 3.10. The van der Waals surface area contributed by atoms with E-state index in [4.69, 9.17) is 5.73 Å². The van der Waals surface area contributed by atoms with Gasteiger partial charge in [0, 0.05) is 28.9 Å². The van der Waals surface area contributed by atoms with Gasteiger partial charge in [0.25, 0.3) is 0 Å². The van der Waals surface area contributed by atoms with Gasteiger partial charge in [-0.2, -0.15) is 0 Å². The fourth-order valence-corrected chi connectivity index (χ4v) is 4.44. The van der Waals surface area contributed by atoms with Crippen LogP contribution in [0.2, 0.25) is 0 Å². The molecule has 2 atom stereocenters. The normalized spacial score (nSPS) is 15.2. The predicted molar refractivity (Wildman–Crippen MR) is 79.0 cm³/mol. The van der Waals surface area contributed by atoms with Crippen molar-refractivity contribution < 1.29 is 12.6 Å². The number of aryl methyl sites for hydroxylation is 2.